The maximum Gasteiger partial charge on any atom is 0.240 e. The second-order valence-corrected chi connectivity index (χ2v) is 7.02. The van der Waals surface area contributed by atoms with Crippen molar-refractivity contribution in [1.29, 1.82) is 0 Å². The van der Waals surface area contributed by atoms with E-state index in [-0.39, 0.29) is 17.2 Å². The summed E-state index contributed by atoms with van der Waals surface area (Å²) in [4.78, 5) is 12.0. The van der Waals surface area contributed by atoms with E-state index in [0.29, 0.717) is 18.7 Å². The number of hydrogen-bond donors (Lipinski definition) is 2. The van der Waals surface area contributed by atoms with Gasteiger partial charge in [0.1, 0.15) is 5.75 Å². The summed E-state index contributed by atoms with van der Waals surface area (Å²) in [6.45, 7) is 4.52. The summed E-state index contributed by atoms with van der Waals surface area (Å²) in [6.07, 6.45) is 2.59. The van der Waals surface area contributed by atoms with E-state index in [2.05, 4.69) is 10.0 Å². The maximum absolute atomic E-state index is 12.4. The Kier molecular flexibility index (Phi) is 8.05. The summed E-state index contributed by atoms with van der Waals surface area (Å²) in [6, 6.07) is 5.72. The van der Waals surface area contributed by atoms with Crippen LogP contribution in [0.15, 0.2) is 29.2 Å². The second kappa shape index (κ2) is 9.52. The van der Waals surface area contributed by atoms with Crippen molar-refractivity contribution in [2.24, 2.45) is 0 Å². The molecule has 1 amide bonds. The quantitative estimate of drug-likeness (QED) is 0.638. The number of sulfonamides is 1. The van der Waals surface area contributed by atoms with Gasteiger partial charge in [-0.3, -0.25) is 4.79 Å². The van der Waals surface area contributed by atoms with E-state index in [1.807, 2.05) is 13.8 Å². The second-order valence-electron chi connectivity index (χ2n) is 5.31. The highest BCUT2D eigenvalue weighted by Crippen LogP contribution is 2.16. The molecule has 0 aliphatic rings. The Balaban J connectivity index is 2.66. The van der Waals surface area contributed by atoms with Crippen molar-refractivity contribution in [3.8, 4) is 5.75 Å². The molecule has 0 fully saturated rings. The Morgan fingerprint density at radius 2 is 1.87 bits per heavy atom. The van der Waals surface area contributed by atoms with Gasteiger partial charge in [0, 0.05) is 19.0 Å². The normalized spacial score (nSPS) is 12.7. The first-order valence-electron chi connectivity index (χ1n) is 7.86. The number of carbonyl (C=O) groups excluding carboxylic acids is 1. The minimum Gasteiger partial charge on any atom is -0.497 e. The average Bonchev–Trinajstić information content (AvgIpc) is 2.54. The molecule has 1 rings (SSSR count). The number of unbranched alkanes of at least 4 members (excludes halogenated alkanes) is 1. The molecule has 0 bridgehead atoms. The lowest BCUT2D eigenvalue weighted by molar-refractivity contribution is -0.121. The predicted octanol–water partition coefficient (Wildman–Crippen LogP) is 2.06. The summed E-state index contributed by atoms with van der Waals surface area (Å²) in [7, 11) is -2.13. The number of carbonyl (C=O) groups is 1. The smallest absolute Gasteiger partial charge is 0.240 e. The number of nitrogens with one attached hydrogen (secondary N) is 2. The average molecular weight is 342 g/mol. The number of amides is 1. The van der Waals surface area contributed by atoms with E-state index in [1.54, 1.807) is 12.1 Å². The number of methoxy groups -OCH3 is 1. The highest BCUT2D eigenvalue weighted by atomic mass is 32.2. The molecule has 130 valence electrons. The third-order valence-corrected chi connectivity index (χ3v) is 5.01. The fraction of sp³-hybridized carbons (Fsp3) is 0.562. The van der Waals surface area contributed by atoms with Gasteiger partial charge in [-0.05, 0) is 37.1 Å². The van der Waals surface area contributed by atoms with E-state index >= 15 is 0 Å². The molecular weight excluding hydrogens is 316 g/mol. The van der Waals surface area contributed by atoms with Crippen LogP contribution >= 0.6 is 0 Å². The summed E-state index contributed by atoms with van der Waals surface area (Å²) >= 11 is 0. The molecule has 0 spiro atoms. The van der Waals surface area contributed by atoms with Gasteiger partial charge < -0.3 is 10.1 Å². The number of hydrogen-bond acceptors (Lipinski definition) is 4. The molecule has 6 nitrogen and oxygen atoms in total. The molecule has 2 N–H and O–H groups in total. The summed E-state index contributed by atoms with van der Waals surface area (Å²) < 4.78 is 32.3. The molecule has 1 unspecified atom stereocenters. The van der Waals surface area contributed by atoms with Gasteiger partial charge >= 0.3 is 0 Å². The molecule has 23 heavy (non-hydrogen) atoms. The molecule has 0 aliphatic carbocycles. The summed E-state index contributed by atoms with van der Waals surface area (Å²) in [5.41, 5.74) is 0. The van der Waals surface area contributed by atoms with Crippen LogP contribution in [0.3, 0.4) is 0 Å². The van der Waals surface area contributed by atoms with Crippen molar-refractivity contribution in [3.05, 3.63) is 24.3 Å². The molecular formula is C16H26N2O4S. The fourth-order valence-corrected chi connectivity index (χ4v) is 3.33. The van der Waals surface area contributed by atoms with Crippen LogP contribution in [0.25, 0.3) is 0 Å². The molecule has 0 aliphatic heterocycles. The SMILES string of the molecule is CCCCNC(=O)CC(CC)NS(=O)(=O)c1ccc(OC)cc1. The zero-order valence-electron chi connectivity index (χ0n) is 14.0. The van der Waals surface area contributed by atoms with Crippen LogP contribution in [0.1, 0.15) is 39.5 Å². The van der Waals surface area contributed by atoms with Crippen LogP contribution in [0, 0.1) is 0 Å². The molecule has 1 atom stereocenters. The lowest BCUT2D eigenvalue weighted by Gasteiger charge is -2.17. The van der Waals surface area contributed by atoms with Crippen molar-refractivity contribution < 1.29 is 17.9 Å². The van der Waals surface area contributed by atoms with Crippen LogP contribution < -0.4 is 14.8 Å². The van der Waals surface area contributed by atoms with Gasteiger partial charge in [-0.1, -0.05) is 20.3 Å². The molecule has 1 aromatic carbocycles. The highest BCUT2D eigenvalue weighted by Gasteiger charge is 2.21. The van der Waals surface area contributed by atoms with Crippen molar-refractivity contribution >= 4 is 15.9 Å². The van der Waals surface area contributed by atoms with Crippen LogP contribution in [0.2, 0.25) is 0 Å². The molecule has 0 saturated carbocycles. The van der Waals surface area contributed by atoms with Gasteiger partial charge in [0.15, 0.2) is 0 Å². The maximum atomic E-state index is 12.4. The van der Waals surface area contributed by atoms with Gasteiger partial charge in [0.05, 0.1) is 12.0 Å². The lowest BCUT2D eigenvalue weighted by atomic mass is 10.1. The predicted molar refractivity (Wildman–Crippen MR) is 89.9 cm³/mol. The molecule has 0 aromatic heterocycles. The molecule has 0 saturated heterocycles. The van der Waals surface area contributed by atoms with Gasteiger partial charge in [-0.2, -0.15) is 0 Å². The van der Waals surface area contributed by atoms with Crippen LogP contribution in [-0.2, 0) is 14.8 Å². The zero-order valence-corrected chi connectivity index (χ0v) is 14.8. The minimum atomic E-state index is -3.65. The first kappa shape index (κ1) is 19.4. The fourth-order valence-electron chi connectivity index (χ4n) is 2.01. The Labute approximate surface area is 138 Å². The van der Waals surface area contributed by atoms with Crippen molar-refractivity contribution in [2.75, 3.05) is 13.7 Å². The standard InChI is InChI=1S/C16H26N2O4S/c1-4-6-11-17-16(19)12-13(5-2)18-23(20,21)15-9-7-14(22-3)8-10-15/h7-10,13,18H,4-6,11-12H2,1-3H3,(H,17,19). The van der Waals surface area contributed by atoms with Crippen LogP contribution in [0.5, 0.6) is 5.75 Å². The van der Waals surface area contributed by atoms with E-state index in [0.717, 1.165) is 12.8 Å². The first-order valence-corrected chi connectivity index (χ1v) is 9.34. The Hall–Kier alpha value is -1.60. The van der Waals surface area contributed by atoms with Crippen molar-refractivity contribution in [1.82, 2.24) is 10.0 Å². The number of ether oxygens (including phenoxy) is 1. The van der Waals surface area contributed by atoms with Crippen LogP contribution in [0.4, 0.5) is 0 Å². The van der Waals surface area contributed by atoms with Crippen molar-refractivity contribution in [2.45, 2.75) is 50.5 Å². The van der Waals surface area contributed by atoms with E-state index in [1.165, 1.54) is 19.2 Å². The monoisotopic (exact) mass is 342 g/mol. The Bertz CT molecular complexity index is 585. The highest BCUT2D eigenvalue weighted by molar-refractivity contribution is 7.89. The molecule has 0 heterocycles. The minimum absolute atomic E-state index is 0.135. The van der Waals surface area contributed by atoms with E-state index in [4.69, 9.17) is 4.74 Å². The molecule has 7 heteroatoms. The lowest BCUT2D eigenvalue weighted by Crippen LogP contribution is -2.39. The summed E-state index contributed by atoms with van der Waals surface area (Å²) in [5.74, 6) is 0.453. The Morgan fingerprint density at radius 3 is 2.39 bits per heavy atom. The third-order valence-electron chi connectivity index (χ3n) is 3.47. The van der Waals surface area contributed by atoms with Gasteiger partial charge in [-0.25, -0.2) is 13.1 Å². The zero-order chi connectivity index (χ0) is 17.3. The first-order chi connectivity index (χ1) is 10.9. The number of rotatable bonds is 10. The summed E-state index contributed by atoms with van der Waals surface area (Å²) in [5, 5.41) is 2.80. The largest absolute Gasteiger partial charge is 0.497 e. The molecule has 1 aromatic rings. The van der Waals surface area contributed by atoms with Gasteiger partial charge in [-0.15, -0.1) is 0 Å². The van der Waals surface area contributed by atoms with Gasteiger partial charge in [0.2, 0.25) is 15.9 Å². The third kappa shape index (κ3) is 6.58. The topological polar surface area (TPSA) is 84.5 Å². The van der Waals surface area contributed by atoms with Gasteiger partial charge in [0.25, 0.3) is 0 Å². The Morgan fingerprint density at radius 1 is 1.22 bits per heavy atom. The van der Waals surface area contributed by atoms with Crippen molar-refractivity contribution in [3.63, 3.8) is 0 Å². The number of benzene rings is 1. The van der Waals surface area contributed by atoms with Crippen LogP contribution in [-0.4, -0.2) is 34.0 Å². The van der Waals surface area contributed by atoms with E-state index in [9.17, 15) is 13.2 Å². The van der Waals surface area contributed by atoms with E-state index < -0.39 is 16.1 Å². The molecule has 0 radical (unpaired) electrons.